The summed E-state index contributed by atoms with van der Waals surface area (Å²) in [6, 6.07) is 14.0. The molecule has 3 heterocycles. The number of nitrogens with zero attached hydrogens (tertiary/aromatic N) is 3. The van der Waals surface area contributed by atoms with Gasteiger partial charge in [0.2, 0.25) is 5.88 Å². The van der Waals surface area contributed by atoms with Crippen LogP contribution >= 0.6 is 0 Å². The predicted octanol–water partition coefficient (Wildman–Crippen LogP) is 7.39. The molecule has 7 heteroatoms. The highest BCUT2D eigenvalue weighted by Gasteiger charge is 2.37. The monoisotopic (exact) mass is 559 g/mol. The van der Waals surface area contributed by atoms with Crippen molar-refractivity contribution in [1.82, 2.24) is 9.97 Å². The number of ether oxygens (including phenoxy) is 3. The maximum atomic E-state index is 13.5. The Morgan fingerprint density at radius 3 is 2.29 bits per heavy atom. The van der Waals surface area contributed by atoms with Gasteiger partial charge in [0, 0.05) is 53.4 Å². The van der Waals surface area contributed by atoms with Gasteiger partial charge in [-0.15, -0.1) is 0 Å². The molecule has 1 aliphatic rings. The zero-order chi connectivity index (χ0) is 29.8. The molecule has 1 saturated heterocycles. The summed E-state index contributed by atoms with van der Waals surface area (Å²) >= 11 is 0. The van der Waals surface area contributed by atoms with E-state index in [1.807, 2.05) is 90.2 Å². The third kappa shape index (κ3) is 7.64. The summed E-state index contributed by atoms with van der Waals surface area (Å²) in [6.07, 6.45) is 3.01. The van der Waals surface area contributed by atoms with E-state index < -0.39 is 17.7 Å². The van der Waals surface area contributed by atoms with Crippen LogP contribution in [0.1, 0.15) is 83.0 Å². The third-order valence-electron chi connectivity index (χ3n) is 7.50. The quantitative estimate of drug-likeness (QED) is 0.253. The number of benzene rings is 1. The Morgan fingerprint density at radius 2 is 1.71 bits per heavy atom. The van der Waals surface area contributed by atoms with Gasteiger partial charge >= 0.3 is 5.97 Å². The lowest BCUT2D eigenvalue weighted by Crippen LogP contribution is -2.39. The van der Waals surface area contributed by atoms with Gasteiger partial charge in [-0.1, -0.05) is 44.2 Å². The highest BCUT2D eigenvalue weighted by molar-refractivity contribution is 5.88. The average Bonchev–Trinajstić information content (AvgIpc) is 2.91. The lowest BCUT2D eigenvalue weighted by molar-refractivity contribution is -0.166. The van der Waals surface area contributed by atoms with Crippen molar-refractivity contribution in [1.29, 1.82) is 0 Å². The molecule has 3 aromatic rings. The van der Waals surface area contributed by atoms with Crippen molar-refractivity contribution in [2.75, 3.05) is 24.6 Å². The molecule has 1 aliphatic heterocycles. The summed E-state index contributed by atoms with van der Waals surface area (Å²) in [5, 5.41) is 0. The molecule has 0 aliphatic carbocycles. The molecule has 0 amide bonds. The zero-order valence-corrected chi connectivity index (χ0v) is 25.9. The van der Waals surface area contributed by atoms with Crippen molar-refractivity contribution in [3.63, 3.8) is 0 Å². The number of pyridine rings is 2. The minimum absolute atomic E-state index is 0.260. The first kappa shape index (κ1) is 30.5. The molecule has 220 valence electrons. The fourth-order valence-corrected chi connectivity index (χ4v) is 5.31. The van der Waals surface area contributed by atoms with E-state index in [9.17, 15) is 4.79 Å². The number of aryl methyl sites for hydroxylation is 2. The Bertz CT molecular complexity index is 1320. The molecule has 0 bridgehead atoms. The van der Waals surface area contributed by atoms with Gasteiger partial charge in [-0.2, -0.15) is 0 Å². The lowest BCUT2D eigenvalue weighted by atomic mass is 9.82. The number of carbonyl (C=O) groups excluding carboxylic acids is 1. The van der Waals surface area contributed by atoms with Crippen molar-refractivity contribution >= 4 is 11.7 Å². The van der Waals surface area contributed by atoms with Crippen LogP contribution in [0, 0.1) is 19.3 Å². The van der Waals surface area contributed by atoms with E-state index in [-0.39, 0.29) is 12.0 Å². The Morgan fingerprint density at radius 1 is 1.02 bits per heavy atom. The van der Waals surface area contributed by atoms with E-state index in [0.29, 0.717) is 12.5 Å². The Balaban J connectivity index is 1.82. The Labute approximate surface area is 245 Å². The number of hydrogen-bond acceptors (Lipinski definition) is 7. The van der Waals surface area contributed by atoms with Crippen molar-refractivity contribution in [3.05, 3.63) is 71.2 Å². The van der Waals surface area contributed by atoms with Crippen LogP contribution in [-0.2, 0) is 20.9 Å². The minimum atomic E-state index is -0.909. The van der Waals surface area contributed by atoms with Gasteiger partial charge in [0.1, 0.15) is 6.61 Å². The summed E-state index contributed by atoms with van der Waals surface area (Å²) in [5.74, 6) is 0.154. The summed E-state index contributed by atoms with van der Waals surface area (Å²) in [5.41, 5.74) is 6.04. The van der Waals surface area contributed by atoms with E-state index in [1.54, 1.807) is 0 Å². The highest BCUT2D eigenvalue weighted by Crippen LogP contribution is 2.45. The van der Waals surface area contributed by atoms with Gasteiger partial charge in [0.25, 0.3) is 0 Å². The molecule has 41 heavy (non-hydrogen) atoms. The smallest absolute Gasteiger partial charge is 0.340 e. The standard InChI is InChI=1S/C34H45N3O4/c1-9-39-32(38)31(41-33(4,5)6)29-24(3)36-23(2)28(30(29)37-19-17-34(7,8)18-20-37)26-15-16-27(35-21-26)40-22-25-13-11-10-12-14-25/h10-16,21,31H,9,17-20,22H2,1-8H3/t31-/m0/s1. The van der Waals surface area contributed by atoms with Gasteiger partial charge in [-0.05, 0) is 71.4 Å². The first-order valence-corrected chi connectivity index (χ1v) is 14.6. The van der Waals surface area contributed by atoms with Crippen molar-refractivity contribution < 1.29 is 19.0 Å². The second-order valence-corrected chi connectivity index (χ2v) is 12.6. The molecular formula is C34H45N3O4. The van der Waals surface area contributed by atoms with Crippen molar-refractivity contribution in [2.45, 2.75) is 86.5 Å². The van der Waals surface area contributed by atoms with Crippen LogP contribution in [-0.4, -0.2) is 41.2 Å². The number of piperidine rings is 1. The second kappa shape index (κ2) is 12.6. The largest absolute Gasteiger partial charge is 0.473 e. The minimum Gasteiger partial charge on any atom is -0.473 e. The third-order valence-corrected chi connectivity index (χ3v) is 7.50. The van der Waals surface area contributed by atoms with Crippen molar-refractivity contribution in [3.8, 4) is 17.0 Å². The molecule has 7 nitrogen and oxygen atoms in total. The molecule has 1 aromatic carbocycles. The first-order chi connectivity index (χ1) is 19.4. The van der Waals surface area contributed by atoms with Gasteiger partial charge in [-0.25, -0.2) is 9.78 Å². The molecule has 1 fully saturated rings. The molecular weight excluding hydrogens is 514 g/mol. The van der Waals surface area contributed by atoms with E-state index >= 15 is 0 Å². The molecule has 0 unspecified atom stereocenters. The first-order valence-electron chi connectivity index (χ1n) is 14.6. The Hall–Kier alpha value is -3.45. The van der Waals surface area contributed by atoms with Gasteiger partial charge in [-0.3, -0.25) is 4.98 Å². The topological polar surface area (TPSA) is 73.8 Å². The molecule has 1 atom stereocenters. The van der Waals surface area contributed by atoms with E-state index in [4.69, 9.17) is 19.2 Å². The molecule has 0 radical (unpaired) electrons. The fourth-order valence-electron chi connectivity index (χ4n) is 5.31. The number of anilines is 1. The van der Waals surface area contributed by atoms with E-state index in [1.165, 1.54) is 0 Å². The van der Waals surface area contributed by atoms with Crippen LogP contribution in [0.2, 0.25) is 0 Å². The summed E-state index contributed by atoms with van der Waals surface area (Å²) < 4.78 is 17.9. The molecule has 0 spiro atoms. The SMILES string of the molecule is CCOC(=O)[C@@H](OC(C)(C)C)c1c(C)nc(C)c(-c2ccc(OCc3ccccc3)nc2)c1N1CCC(C)(C)CC1. The van der Waals surface area contributed by atoms with Crippen LogP contribution in [0.5, 0.6) is 5.88 Å². The van der Waals surface area contributed by atoms with E-state index in [2.05, 4.69) is 23.7 Å². The van der Waals surface area contributed by atoms with Gasteiger partial charge in [0.15, 0.2) is 6.10 Å². The molecule has 4 rings (SSSR count). The average molecular weight is 560 g/mol. The molecule has 2 aromatic heterocycles. The maximum absolute atomic E-state index is 13.5. The van der Waals surface area contributed by atoms with Gasteiger partial charge in [0.05, 0.1) is 17.9 Å². The lowest BCUT2D eigenvalue weighted by Gasteiger charge is -2.41. The van der Waals surface area contributed by atoms with Crippen LogP contribution in [0.3, 0.4) is 0 Å². The summed E-state index contributed by atoms with van der Waals surface area (Å²) in [4.78, 5) is 25.5. The second-order valence-electron chi connectivity index (χ2n) is 12.6. The maximum Gasteiger partial charge on any atom is 0.340 e. The van der Waals surface area contributed by atoms with Crippen LogP contribution in [0.15, 0.2) is 48.7 Å². The molecule has 0 saturated carbocycles. The van der Waals surface area contributed by atoms with Crippen LogP contribution in [0.25, 0.3) is 11.1 Å². The number of esters is 1. The number of aromatic nitrogens is 2. The van der Waals surface area contributed by atoms with E-state index in [0.717, 1.165) is 65.3 Å². The summed E-state index contributed by atoms with van der Waals surface area (Å²) in [6.45, 7) is 18.8. The van der Waals surface area contributed by atoms with Crippen molar-refractivity contribution in [2.24, 2.45) is 5.41 Å². The number of carbonyl (C=O) groups is 1. The van der Waals surface area contributed by atoms with Crippen LogP contribution in [0.4, 0.5) is 5.69 Å². The predicted molar refractivity (Wildman–Crippen MR) is 163 cm³/mol. The van der Waals surface area contributed by atoms with Crippen LogP contribution < -0.4 is 9.64 Å². The fraction of sp³-hybridized carbons (Fsp3) is 0.500. The highest BCUT2D eigenvalue weighted by atomic mass is 16.6. The molecule has 0 N–H and O–H groups in total. The van der Waals surface area contributed by atoms with Gasteiger partial charge < -0.3 is 19.1 Å². The Kier molecular flexibility index (Phi) is 9.37. The zero-order valence-electron chi connectivity index (χ0n) is 25.9. The summed E-state index contributed by atoms with van der Waals surface area (Å²) in [7, 11) is 0. The normalized spacial score (nSPS) is 15.9. The number of hydrogen-bond donors (Lipinski definition) is 0. The number of rotatable bonds is 9.